The third-order valence-corrected chi connectivity index (χ3v) is 10.6. The summed E-state index contributed by atoms with van der Waals surface area (Å²) in [6.45, 7) is 3.37. The number of hydrogen-bond donors (Lipinski definition) is 4. The number of aliphatic hydroxyl groups excluding tert-OH is 1. The lowest BCUT2D eigenvalue weighted by molar-refractivity contribution is -0.150. The normalized spacial score (nSPS) is 12.9. The van der Waals surface area contributed by atoms with Crippen molar-refractivity contribution in [3.63, 3.8) is 0 Å². The lowest BCUT2D eigenvalue weighted by atomic mass is 10.0. The minimum absolute atomic E-state index is 0.0776. The maximum Gasteiger partial charge on any atom is 0.328 e. The predicted molar refractivity (Wildman–Crippen MR) is 245 cm³/mol. The highest BCUT2D eigenvalue weighted by atomic mass is 16.5. The van der Waals surface area contributed by atoms with Gasteiger partial charge in [-0.2, -0.15) is 0 Å². The molecule has 0 rings (SSSR count). The molecule has 2 unspecified atom stereocenters. The summed E-state index contributed by atoms with van der Waals surface area (Å²) in [7, 11) is 0. The van der Waals surface area contributed by atoms with Crippen molar-refractivity contribution in [2.45, 2.75) is 231 Å². The van der Waals surface area contributed by atoms with Gasteiger partial charge in [0.15, 0.2) is 0 Å². The second-order valence-electron chi connectivity index (χ2n) is 16.2. The fraction of sp³-hybridized carbons (Fsp3) is 0.760. The predicted octanol–water partition coefficient (Wildman–Crippen LogP) is 12.3. The molecule has 0 aromatic carbocycles. The molecule has 0 heterocycles. The van der Waals surface area contributed by atoms with Gasteiger partial charge in [0.1, 0.15) is 12.1 Å². The van der Waals surface area contributed by atoms with Crippen LogP contribution in [-0.2, 0) is 23.9 Å². The van der Waals surface area contributed by atoms with Gasteiger partial charge in [0, 0.05) is 12.8 Å². The van der Waals surface area contributed by atoms with Gasteiger partial charge in [-0.05, 0) is 64.2 Å². The highest BCUT2D eigenvalue weighted by molar-refractivity contribution is 5.87. The Bertz CT molecular complexity index is 1130. The SMILES string of the molecule is CC/C=C\C/C=C\C/C=C\C/C=C\CCC(CCCCCCCC(=O)NCC(=O)NC(CO)C(=O)O)OC(=O)CCCCCCCCCCCCCCCCCCCC. The molecule has 0 saturated carbocycles. The molecule has 59 heavy (non-hydrogen) atoms. The molecule has 0 bridgehead atoms. The third-order valence-electron chi connectivity index (χ3n) is 10.6. The van der Waals surface area contributed by atoms with Gasteiger partial charge in [0.2, 0.25) is 11.8 Å². The standard InChI is InChI=1S/C50H88N2O7/c1-3-5-7-9-11-13-15-17-18-19-20-21-23-25-27-29-34-38-42-49(56)59-45(39-35-31-28-26-24-22-16-14-12-10-8-6-4-2)40-36-32-30-33-37-41-47(54)51-43-48(55)52-46(44-53)50(57)58/h6,8,12,14,22,24,28,31,45-46,53H,3-5,7,9-11,13,15-21,23,25-27,29-30,32-44H2,1-2H3,(H,51,54)(H,52,55)(H,57,58)/b8-6-,14-12-,24-22-,31-28-. The number of carbonyl (C=O) groups excluding carboxylic acids is 3. The van der Waals surface area contributed by atoms with Gasteiger partial charge in [0.25, 0.3) is 0 Å². The van der Waals surface area contributed by atoms with E-state index in [2.05, 4.69) is 73.1 Å². The van der Waals surface area contributed by atoms with E-state index in [0.29, 0.717) is 12.8 Å². The molecular weight excluding hydrogens is 741 g/mol. The molecule has 0 radical (unpaired) electrons. The Morgan fingerprint density at radius 1 is 0.525 bits per heavy atom. The van der Waals surface area contributed by atoms with Gasteiger partial charge >= 0.3 is 11.9 Å². The van der Waals surface area contributed by atoms with E-state index in [1.807, 2.05) is 0 Å². The Hall–Kier alpha value is -3.20. The highest BCUT2D eigenvalue weighted by Crippen LogP contribution is 2.18. The van der Waals surface area contributed by atoms with Crippen LogP contribution in [0.5, 0.6) is 0 Å². The molecule has 9 heteroatoms. The van der Waals surface area contributed by atoms with E-state index in [9.17, 15) is 19.2 Å². The number of esters is 1. The van der Waals surface area contributed by atoms with Crippen LogP contribution in [0.4, 0.5) is 0 Å². The van der Waals surface area contributed by atoms with Crippen molar-refractivity contribution in [3.05, 3.63) is 48.6 Å². The number of amides is 2. The number of carboxylic acid groups (broad SMARTS) is 1. The number of aliphatic carboxylic acids is 1. The Balaban J connectivity index is 4.35. The van der Waals surface area contributed by atoms with E-state index in [1.54, 1.807) is 0 Å². The summed E-state index contributed by atoms with van der Waals surface area (Å²) in [6, 6.07) is -1.39. The van der Waals surface area contributed by atoms with Gasteiger partial charge in [-0.1, -0.05) is 191 Å². The van der Waals surface area contributed by atoms with Crippen LogP contribution in [0, 0.1) is 0 Å². The molecule has 2 atom stereocenters. The third kappa shape index (κ3) is 41.3. The lowest BCUT2D eigenvalue weighted by Crippen LogP contribution is -2.47. The van der Waals surface area contributed by atoms with Crippen molar-refractivity contribution in [3.8, 4) is 0 Å². The Morgan fingerprint density at radius 3 is 1.44 bits per heavy atom. The zero-order chi connectivity index (χ0) is 43.3. The first kappa shape index (κ1) is 55.8. The van der Waals surface area contributed by atoms with Gasteiger partial charge in [-0.15, -0.1) is 0 Å². The van der Waals surface area contributed by atoms with E-state index < -0.39 is 24.5 Å². The first-order chi connectivity index (χ1) is 28.8. The van der Waals surface area contributed by atoms with Crippen molar-refractivity contribution >= 4 is 23.8 Å². The summed E-state index contributed by atoms with van der Waals surface area (Å²) < 4.78 is 6.01. The number of aliphatic hydroxyl groups is 1. The summed E-state index contributed by atoms with van der Waals surface area (Å²) in [5, 5.41) is 22.6. The number of nitrogens with one attached hydrogen (secondary N) is 2. The molecule has 9 nitrogen and oxygen atoms in total. The van der Waals surface area contributed by atoms with Crippen molar-refractivity contribution in [1.82, 2.24) is 10.6 Å². The van der Waals surface area contributed by atoms with Crippen LogP contribution < -0.4 is 10.6 Å². The number of hydrogen-bond acceptors (Lipinski definition) is 6. The van der Waals surface area contributed by atoms with Crippen molar-refractivity contribution in [2.75, 3.05) is 13.2 Å². The van der Waals surface area contributed by atoms with Gasteiger partial charge < -0.3 is 25.6 Å². The summed E-state index contributed by atoms with van der Waals surface area (Å²) in [4.78, 5) is 47.7. The number of rotatable bonds is 43. The fourth-order valence-corrected chi connectivity index (χ4v) is 6.94. The van der Waals surface area contributed by atoms with Crippen molar-refractivity contribution in [1.29, 1.82) is 0 Å². The van der Waals surface area contributed by atoms with Crippen LogP contribution >= 0.6 is 0 Å². The van der Waals surface area contributed by atoms with Crippen LogP contribution in [0.15, 0.2) is 48.6 Å². The summed E-state index contributed by atoms with van der Waals surface area (Å²) in [5.41, 5.74) is 0. The number of allylic oxidation sites excluding steroid dienone is 8. The zero-order valence-corrected chi connectivity index (χ0v) is 37.8. The van der Waals surface area contributed by atoms with Crippen LogP contribution in [-0.4, -0.2) is 59.3 Å². The molecular formula is C50H88N2O7. The van der Waals surface area contributed by atoms with Crippen LogP contribution in [0.2, 0.25) is 0 Å². The summed E-state index contributed by atoms with van der Waals surface area (Å²) in [5.74, 6) is -2.34. The second kappa shape index (κ2) is 44.4. The molecule has 0 aliphatic rings. The first-order valence-electron chi connectivity index (χ1n) is 24.0. The van der Waals surface area contributed by atoms with Gasteiger partial charge in [0.05, 0.1) is 13.2 Å². The zero-order valence-electron chi connectivity index (χ0n) is 37.8. The minimum Gasteiger partial charge on any atom is -0.480 e. The molecule has 0 aliphatic carbocycles. The highest BCUT2D eigenvalue weighted by Gasteiger charge is 2.19. The Labute approximate surface area is 360 Å². The van der Waals surface area contributed by atoms with Crippen molar-refractivity contribution < 1.29 is 34.1 Å². The molecule has 0 spiro atoms. The van der Waals surface area contributed by atoms with Gasteiger partial charge in [-0.3, -0.25) is 14.4 Å². The summed E-state index contributed by atoms with van der Waals surface area (Å²) in [6.07, 6.45) is 52.9. The summed E-state index contributed by atoms with van der Waals surface area (Å²) >= 11 is 0. The minimum atomic E-state index is -1.39. The Kier molecular flexibility index (Phi) is 41.9. The number of unbranched alkanes of at least 4 members (excludes halogenated alkanes) is 21. The van der Waals surface area contributed by atoms with E-state index in [1.165, 1.54) is 103 Å². The maximum atomic E-state index is 12.8. The second-order valence-corrected chi connectivity index (χ2v) is 16.2. The molecule has 0 saturated heterocycles. The lowest BCUT2D eigenvalue weighted by Gasteiger charge is -2.17. The van der Waals surface area contributed by atoms with Crippen LogP contribution in [0.1, 0.15) is 219 Å². The number of carboxylic acids is 1. The van der Waals surface area contributed by atoms with E-state index >= 15 is 0 Å². The fourth-order valence-electron chi connectivity index (χ4n) is 6.94. The van der Waals surface area contributed by atoms with E-state index in [0.717, 1.165) is 83.5 Å². The topological polar surface area (TPSA) is 142 Å². The van der Waals surface area contributed by atoms with Crippen molar-refractivity contribution in [2.24, 2.45) is 0 Å². The molecule has 4 N–H and O–H groups in total. The molecule has 2 amide bonds. The average Bonchev–Trinajstić information content (AvgIpc) is 3.22. The van der Waals surface area contributed by atoms with E-state index in [4.69, 9.17) is 14.9 Å². The number of ether oxygens (including phenoxy) is 1. The number of carbonyl (C=O) groups is 4. The molecule has 0 aliphatic heterocycles. The Morgan fingerprint density at radius 2 is 0.966 bits per heavy atom. The molecule has 340 valence electrons. The quantitative estimate of drug-likeness (QED) is 0.0272. The first-order valence-corrected chi connectivity index (χ1v) is 24.0. The van der Waals surface area contributed by atoms with E-state index in [-0.39, 0.29) is 30.9 Å². The average molecular weight is 829 g/mol. The van der Waals surface area contributed by atoms with Gasteiger partial charge in [-0.25, -0.2) is 4.79 Å². The maximum absolute atomic E-state index is 12.8. The molecule has 0 aromatic heterocycles. The van der Waals surface area contributed by atoms with Crippen LogP contribution in [0.25, 0.3) is 0 Å². The van der Waals surface area contributed by atoms with Crippen LogP contribution in [0.3, 0.4) is 0 Å². The molecule has 0 aromatic rings. The largest absolute Gasteiger partial charge is 0.480 e. The monoisotopic (exact) mass is 829 g/mol. The molecule has 0 fully saturated rings. The smallest absolute Gasteiger partial charge is 0.328 e.